The van der Waals surface area contributed by atoms with Crippen LogP contribution in [0.5, 0.6) is 0 Å². The van der Waals surface area contributed by atoms with Crippen LogP contribution in [-0.2, 0) is 20.9 Å². The quantitative estimate of drug-likeness (QED) is 0.411. The Morgan fingerprint density at radius 2 is 1.82 bits per heavy atom. The predicted molar refractivity (Wildman–Crippen MR) is 150 cm³/mol. The minimum absolute atomic E-state index is 0.0282. The van der Waals surface area contributed by atoms with Crippen molar-refractivity contribution < 1.29 is 14.4 Å². The SMILES string of the molecule is Nc1nccc2cc(CNC(=O)[C@@H]3C[C@@H](c4ccccc4)CN3C(=O)[C@H](N)CCC(=O)N3CCCC3)ccc12. The molecule has 3 amide bonds. The molecular formula is C30H36N6O3. The number of carbonyl (C=O) groups excluding carboxylic acids is 3. The molecule has 2 aliphatic rings. The molecule has 2 fully saturated rings. The normalized spacial score (nSPS) is 19.8. The fraction of sp³-hybridized carbons (Fsp3) is 0.400. The van der Waals surface area contributed by atoms with Gasteiger partial charge in [-0.3, -0.25) is 14.4 Å². The molecule has 0 aliphatic carbocycles. The number of fused-ring (bicyclic) bond motifs is 1. The smallest absolute Gasteiger partial charge is 0.243 e. The highest BCUT2D eigenvalue weighted by Crippen LogP contribution is 2.32. The van der Waals surface area contributed by atoms with Crippen molar-refractivity contribution in [2.75, 3.05) is 25.4 Å². The number of hydrogen-bond acceptors (Lipinski definition) is 6. The van der Waals surface area contributed by atoms with Crippen molar-refractivity contribution in [2.24, 2.45) is 5.73 Å². The maximum Gasteiger partial charge on any atom is 0.243 e. The van der Waals surface area contributed by atoms with Gasteiger partial charge in [-0.15, -0.1) is 0 Å². The van der Waals surface area contributed by atoms with Crippen LogP contribution in [0.4, 0.5) is 5.82 Å². The largest absolute Gasteiger partial charge is 0.383 e. The summed E-state index contributed by atoms with van der Waals surface area (Å²) in [5.74, 6) is 0.0450. The Bertz CT molecular complexity index is 1340. The molecule has 0 saturated carbocycles. The molecule has 204 valence electrons. The van der Waals surface area contributed by atoms with Gasteiger partial charge >= 0.3 is 0 Å². The number of rotatable bonds is 8. The van der Waals surface area contributed by atoms with Gasteiger partial charge in [-0.25, -0.2) is 4.98 Å². The lowest BCUT2D eigenvalue weighted by molar-refractivity contribution is -0.140. The second kappa shape index (κ2) is 11.8. The number of pyridine rings is 1. The molecule has 3 aromatic rings. The van der Waals surface area contributed by atoms with Gasteiger partial charge in [-0.1, -0.05) is 42.5 Å². The number of hydrogen-bond donors (Lipinski definition) is 3. The zero-order chi connectivity index (χ0) is 27.4. The summed E-state index contributed by atoms with van der Waals surface area (Å²) in [7, 11) is 0. The lowest BCUT2D eigenvalue weighted by Gasteiger charge is -2.27. The highest BCUT2D eigenvalue weighted by Gasteiger charge is 2.41. The van der Waals surface area contributed by atoms with E-state index in [0.717, 1.165) is 47.8 Å². The molecule has 3 atom stereocenters. The first-order valence-corrected chi connectivity index (χ1v) is 13.7. The molecule has 0 unspecified atom stereocenters. The first-order valence-electron chi connectivity index (χ1n) is 13.7. The molecule has 2 saturated heterocycles. The fourth-order valence-corrected chi connectivity index (χ4v) is 5.70. The Hall–Kier alpha value is -3.98. The zero-order valence-electron chi connectivity index (χ0n) is 22.1. The molecule has 5 rings (SSSR count). The summed E-state index contributed by atoms with van der Waals surface area (Å²) in [5.41, 5.74) is 14.3. The summed E-state index contributed by atoms with van der Waals surface area (Å²) in [4.78, 5) is 47.0. The minimum atomic E-state index is -0.832. The Morgan fingerprint density at radius 3 is 2.59 bits per heavy atom. The lowest BCUT2D eigenvalue weighted by Crippen LogP contribution is -2.51. The van der Waals surface area contributed by atoms with Gasteiger partial charge in [-0.2, -0.15) is 0 Å². The van der Waals surface area contributed by atoms with Crippen LogP contribution in [0.3, 0.4) is 0 Å². The zero-order valence-corrected chi connectivity index (χ0v) is 22.1. The summed E-state index contributed by atoms with van der Waals surface area (Å²) in [6, 6.07) is 16.1. The van der Waals surface area contributed by atoms with Crippen LogP contribution >= 0.6 is 0 Å². The number of nitrogens with two attached hydrogens (primary N) is 2. The Morgan fingerprint density at radius 1 is 1.05 bits per heavy atom. The number of amides is 3. The third-order valence-electron chi connectivity index (χ3n) is 7.93. The number of nitrogens with one attached hydrogen (secondary N) is 1. The molecule has 0 spiro atoms. The van der Waals surface area contributed by atoms with Crippen molar-refractivity contribution in [3.63, 3.8) is 0 Å². The van der Waals surface area contributed by atoms with Crippen molar-refractivity contribution in [1.82, 2.24) is 20.1 Å². The molecule has 9 nitrogen and oxygen atoms in total. The Balaban J connectivity index is 1.26. The van der Waals surface area contributed by atoms with E-state index in [1.165, 1.54) is 0 Å². The molecule has 3 heterocycles. The van der Waals surface area contributed by atoms with Gasteiger partial charge in [-0.05, 0) is 54.3 Å². The Labute approximate surface area is 228 Å². The maximum absolute atomic E-state index is 13.5. The van der Waals surface area contributed by atoms with Gasteiger partial charge in [0.25, 0.3) is 0 Å². The second-order valence-corrected chi connectivity index (χ2v) is 10.6. The van der Waals surface area contributed by atoms with E-state index in [-0.39, 0.29) is 36.5 Å². The van der Waals surface area contributed by atoms with Crippen molar-refractivity contribution in [3.05, 3.63) is 71.9 Å². The van der Waals surface area contributed by atoms with Crippen LogP contribution in [0, 0.1) is 0 Å². The maximum atomic E-state index is 13.5. The van der Waals surface area contributed by atoms with E-state index in [4.69, 9.17) is 11.5 Å². The second-order valence-electron chi connectivity index (χ2n) is 10.6. The number of nitrogens with zero attached hydrogens (tertiary/aromatic N) is 3. The van der Waals surface area contributed by atoms with Crippen LogP contribution in [0.1, 0.15) is 49.1 Å². The van der Waals surface area contributed by atoms with E-state index in [1.54, 1.807) is 11.1 Å². The van der Waals surface area contributed by atoms with Crippen molar-refractivity contribution >= 4 is 34.3 Å². The summed E-state index contributed by atoms with van der Waals surface area (Å²) in [6.45, 7) is 2.28. The van der Waals surface area contributed by atoms with E-state index in [1.807, 2.05) is 59.5 Å². The lowest BCUT2D eigenvalue weighted by atomic mass is 9.96. The highest BCUT2D eigenvalue weighted by atomic mass is 16.2. The summed E-state index contributed by atoms with van der Waals surface area (Å²) >= 11 is 0. The standard InChI is InChI=1S/C30H36N6O3/c31-25(10-11-27(37)35-14-4-5-15-35)30(39)36-19-23(21-6-2-1-3-7-21)17-26(36)29(38)34-18-20-8-9-24-22(16-20)12-13-33-28(24)32/h1-3,6-9,12-13,16,23,25-26H,4-5,10-11,14-15,17-19,31H2,(H2,32,33)(H,34,38)/t23-,25-,26+/m1/s1. The number of benzene rings is 2. The van der Waals surface area contributed by atoms with Gasteiger partial charge in [0.2, 0.25) is 17.7 Å². The molecular weight excluding hydrogens is 492 g/mol. The number of likely N-dealkylation sites (tertiary alicyclic amines) is 2. The van der Waals surface area contributed by atoms with Gasteiger partial charge in [0, 0.05) is 50.1 Å². The molecule has 0 bridgehead atoms. The average Bonchev–Trinajstić information content (AvgIpc) is 3.66. The van der Waals surface area contributed by atoms with Crippen molar-refractivity contribution in [2.45, 2.75) is 56.7 Å². The highest BCUT2D eigenvalue weighted by molar-refractivity contribution is 5.92. The first kappa shape index (κ1) is 26.6. The van der Waals surface area contributed by atoms with E-state index < -0.39 is 12.1 Å². The van der Waals surface area contributed by atoms with E-state index in [9.17, 15) is 14.4 Å². The number of carbonyl (C=O) groups is 3. The first-order chi connectivity index (χ1) is 18.9. The third-order valence-corrected chi connectivity index (χ3v) is 7.93. The third kappa shape index (κ3) is 6.04. The summed E-state index contributed by atoms with van der Waals surface area (Å²) in [5, 5.41) is 4.84. The van der Waals surface area contributed by atoms with Gasteiger partial charge in [0.05, 0.1) is 6.04 Å². The molecule has 5 N–H and O–H groups in total. The van der Waals surface area contributed by atoms with Crippen LogP contribution in [-0.4, -0.2) is 64.2 Å². The molecule has 39 heavy (non-hydrogen) atoms. The number of nitrogen functional groups attached to an aromatic ring is 1. The van der Waals surface area contributed by atoms with E-state index in [2.05, 4.69) is 10.3 Å². The van der Waals surface area contributed by atoms with Gasteiger partial charge in [0.15, 0.2) is 0 Å². The van der Waals surface area contributed by atoms with Crippen LogP contribution in [0.15, 0.2) is 60.8 Å². The summed E-state index contributed by atoms with van der Waals surface area (Å²) < 4.78 is 0. The van der Waals surface area contributed by atoms with Crippen molar-refractivity contribution in [3.8, 4) is 0 Å². The Kier molecular flexibility index (Phi) is 8.07. The topological polar surface area (TPSA) is 135 Å². The fourth-order valence-electron chi connectivity index (χ4n) is 5.70. The van der Waals surface area contributed by atoms with Gasteiger partial charge in [0.1, 0.15) is 11.9 Å². The number of anilines is 1. The molecule has 2 aliphatic heterocycles. The van der Waals surface area contributed by atoms with Crippen molar-refractivity contribution in [1.29, 1.82) is 0 Å². The molecule has 0 radical (unpaired) electrons. The average molecular weight is 529 g/mol. The van der Waals surface area contributed by atoms with Crippen LogP contribution < -0.4 is 16.8 Å². The number of aromatic nitrogens is 1. The minimum Gasteiger partial charge on any atom is -0.383 e. The predicted octanol–water partition coefficient (Wildman–Crippen LogP) is 2.55. The van der Waals surface area contributed by atoms with Crippen LogP contribution in [0.25, 0.3) is 10.8 Å². The molecule has 1 aromatic heterocycles. The van der Waals surface area contributed by atoms with E-state index >= 15 is 0 Å². The monoisotopic (exact) mass is 528 g/mol. The molecule has 2 aromatic carbocycles. The summed E-state index contributed by atoms with van der Waals surface area (Å²) in [6.07, 6.45) is 4.72. The van der Waals surface area contributed by atoms with E-state index in [0.29, 0.717) is 25.3 Å². The van der Waals surface area contributed by atoms with Crippen LogP contribution in [0.2, 0.25) is 0 Å². The van der Waals surface area contributed by atoms with Gasteiger partial charge < -0.3 is 26.6 Å². The molecule has 9 heteroatoms.